The van der Waals surface area contributed by atoms with Crippen molar-refractivity contribution in [3.63, 3.8) is 0 Å². The van der Waals surface area contributed by atoms with E-state index in [1.165, 1.54) is 30.5 Å². The second-order valence-corrected chi connectivity index (χ2v) is 6.25. The van der Waals surface area contributed by atoms with Crippen LogP contribution in [-0.2, 0) is 17.9 Å². The van der Waals surface area contributed by atoms with Gasteiger partial charge in [-0.15, -0.1) is 24.0 Å². The Morgan fingerprint density at radius 3 is 2.80 bits per heavy atom. The van der Waals surface area contributed by atoms with Crippen molar-refractivity contribution >= 4 is 29.9 Å². The topological polar surface area (TPSA) is 48.9 Å². The van der Waals surface area contributed by atoms with Gasteiger partial charge in [-0.25, -0.2) is 4.99 Å². The molecule has 0 spiro atoms. The SMILES string of the molecule is CCNC(=NCc1cccc(COC)c1)NCC1CCCN1CC.I. The smallest absolute Gasteiger partial charge is 0.191 e. The first kappa shape index (κ1) is 22.2. The van der Waals surface area contributed by atoms with Crippen LogP contribution in [0.4, 0.5) is 0 Å². The Kier molecular flexibility index (Phi) is 11.1. The molecule has 1 fully saturated rings. The first-order valence-electron chi connectivity index (χ1n) is 9.09. The Bertz CT molecular complexity index is 524. The van der Waals surface area contributed by atoms with Crippen LogP contribution in [0.5, 0.6) is 0 Å². The summed E-state index contributed by atoms with van der Waals surface area (Å²) in [6.45, 7) is 9.85. The third kappa shape index (κ3) is 7.50. The normalized spacial score (nSPS) is 18.0. The third-order valence-corrected chi connectivity index (χ3v) is 4.48. The molecule has 0 amide bonds. The molecule has 1 heterocycles. The molecule has 0 aromatic heterocycles. The Balaban J connectivity index is 0.00000312. The van der Waals surface area contributed by atoms with Crippen molar-refractivity contribution in [2.24, 2.45) is 4.99 Å². The van der Waals surface area contributed by atoms with Crippen LogP contribution in [0.1, 0.15) is 37.8 Å². The second kappa shape index (κ2) is 12.5. The third-order valence-electron chi connectivity index (χ3n) is 4.48. The van der Waals surface area contributed by atoms with Crippen molar-refractivity contribution in [2.75, 3.05) is 33.3 Å². The molecule has 0 saturated carbocycles. The van der Waals surface area contributed by atoms with E-state index in [2.05, 4.69) is 53.6 Å². The maximum atomic E-state index is 5.20. The van der Waals surface area contributed by atoms with E-state index in [1.54, 1.807) is 7.11 Å². The molecule has 0 bridgehead atoms. The van der Waals surface area contributed by atoms with E-state index in [4.69, 9.17) is 9.73 Å². The summed E-state index contributed by atoms with van der Waals surface area (Å²) in [6, 6.07) is 9.05. The van der Waals surface area contributed by atoms with Crippen LogP contribution < -0.4 is 10.6 Å². The van der Waals surface area contributed by atoms with E-state index in [0.717, 1.165) is 25.6 Å². The minimum atomic E-state index is 0. The Labute approximate surface area is 169 Å². The molecule has 2 rings (SSSR count). The highest BCUT2D eigenvalue weighted by Crippen LogP contribution is 2.15. The van der Waals surface area contributed by atoms with E-state index >= 15 is 0 Å². The molecule has 142 valence electrons. The number of rotatable bonds is 8. The van der Waals surface area contributed by atoms with Crippen LogP contribution in [0.25, 0.3) is 0 Å². The van der Waals surface area contributed by atoms with Crippen molar-refractivity contribution in [1.29, 1.82) is 0 Å². The van der Waals surface area contributed by atoms with Gasteiger partial charge in [-0.3, -0.25) is 4.90 Å². The zero-order valence-electron chi connectivity index (χ0n) is 15.8. The minimum absolute atomic E-state index is 0. The van der Waals surface area contributed by atoms with E-state index in [-0.39, 0.29) is 24.0 Å². The fraction of sp³-hybridized carbons (Fsp3) is 0.632. The molecule has 1 aliphatic rings. The lowest BCUT2D eigenvalue weighted by Crippen LogP contribution is -2.44. The van der Waals surface area contributed by atoms with Gasteiger partial charge in [0.15, 0.2) is 5.96 Å². The summed E-state index contributed by atoms with van der Waals surface area (Å²) in [5.74, 6) is 0.901. The summed E-state index contributed by atoms with van der Waals surface area (Å²) in [5.41, 5.74) is 2.39. The molecule has 2 N–H and O–H groups in total. The van der Waals surface area contributed by atoms with Gasteiger partial charge in [0.2, 0.25) is 0 Å². The summed E-state index contributed by atoms with van der Waals surface area (Å²) in [6.07, 6.45) is 2.58. The van der Waals surface area contributed by atoms with Crippen molar-refractivity contribution in [3.8, 4) is 0 Å². The standard InChI is InChI=1S/C19H32N4O.HI/c1-4-20-19(22-14-18-10-7-11-23(18)5-2)21-13-16-8-6-9-17(12-16)15-24-3;/h6,8-9,12,18H,4-5,7,10-11,13-15H2,1-3H3,(H2,20,21,22);1H. The number of halogens is 1. The van der Waals surface area contributed by atoms with Crippen LogP contribution in [0, 0.1) is 0 Å². The lowest BCUT2D eigenvalue weighted by molar-refractivity contribution is 0.185. The Morgan fingerprint density at radius 1 is 1.28 bits per heavy atom. The van der Waals surface area contributed by atoms with Crippen molar-refractivity contribution in [1.82, 2.24) is 15.5 Å². The molecule has 6 heteroatoms. The number of methoxy groups -OCH3 is 1. The fourth-order valence-corrected chi connectivity index (χ4v) is 3.25. The van der Waals surface area contributed by atoms with E-state index in [1.807, 2.05) is 0 Å². The molecule has 1 aromatic rings. The fourth-order valence-electron chi connectivity index (χ4n) is 3.25. The second-order valence-electron chi connectivity index (χ2n) is 6.25. The summed E-state index contributed by atoms with van der Waals surface area (Å²) in [5, 5.41) is 6.85. The maximum absolute atomic E-state index is 5.20. The van der Waals surface area contributed by atoms with Crippen molar-refractivity contribution in [2.45, 2.75) is 45.9 Å². The predicted molar refractivity (Wildman–Crippen MR) is 116 cm³/mol. The van der Waals surface area contributed by atoms with Gasteiger partial charge in [0.25, 0.3) is 0 Å². The van der Waals surface area contributed by atoms with Crippen molar-refractivity contribution in [3.05, 3.63) is 35.4 Å². The highest BCUT2D eigenvalue weighted by atomic mass is 127. The molecule has 1 aromatic carbocycles. The average Bonchev–Trinajstić information content (AvgIpc) is 3.05. The molecule has 0 radical (unpaired) electrons. The maximum Gasteiger partial charge on any atom is 0.191 e. The molecule has 0 aliphatic carbocycles. The molecule has 1 saturated heterocycles. The van der Waals surface area contributed by atoms with E-state index in [0.29, 0.717) is 19.2 Å². The average molecular weight is 460 g/mol. The summed E-state index contributed by atoms with van der Waals surface area (Å²) >= 11 is 0. The van der Waals surface area contributed by atoms with Gasteiger partial charge in [0.05, 0.1) is 13.2 Å². The number of hydrogen-bond acceptors (Lipinski definition) is 3. The van der Waals surface area contributed by atoms with Gasteiger partial charge >= 0.3 is 0 Å². The lowest BCUT2D eigenvalue weighted by atomic mass is 10.1. The van der Waals surface area contributed by atoms with Gasteiger partial charge in [-0.1, -0.05) is 31.2 Å². The van der Waals surface area contributed by atoms with E-state index < -0.39 is 0 Å². The molecule has 5 nitrogen and oxygen atoms in total. The molecule has 25 heavy (non-hydrogen) atoms. The zero-order chi connectivity index (χ0) is 17.2. The van der Waals surface area contributed by atoms with Gasteiger partial charge in [0, 0.05) is 26.2 Å². The molecule has 1 aliphatic heterocycles. The minimum Gasteiger partial charge on any atom is -0.380 e. The van der Waals surface area contributed by atoms with Gasteiger partial charge in [0.1, 0.15) is 0 Å². The number of aliphatic imine (C=N–C) groups is 1. The van der Waals surface area contributed by atoms with Crippen molar-refractivity contribution < 1.29 is 4.74 Å². The molecule has 1 unspecified atom stereocenters. The molecular weight excluding hydrogens is 427 g/mol. The highest BCUT2D eigenvalue weighted by molar-refractivity contribution is 14.0. The summed E-state index contributed by atoms with van der Waals surface area (Å²) < 4.78 is 5.20. The summed E-state index contributed by atoms with van der Waals surface area (Å²) in [7, 11) is 1.72. The van der Waals surface area contributed by atoms with E-state index in [9.17, 15) is 0 Å². The molecule has 1 atom stereocenters. The van der Waals surface area contributed by atoms with Crippen LogP contribution in [0.2, 0.25) is 0 Å². The first-order chi connectivity index (χ1) is 11.8. The monoisotopic (exact) mass is 460 g/mol. The number of ether oxygens (including phenoxy) is 1. The van der Waals surface area contributed by atoms with Crippen LogP contribution in [0.15, 0.2) is 29.3 Å². The highest BCUT2D eigenvalue weighted by Gasteiger charge is 2.22. The number of nitrogens with one attached hydrogen (secondary N) is 2. The lowest BCUT2D eigenvalue weighted by Gasteiger charge is -2.24. The Morgan fingerprint density at radius 2 is 2.08 bits per heavy atom. The van der Waals surface area contributed by atoms with Gasteiger partial charge in [-0.2, -0.15) is 0 Å². The van der Waals surface area contributed by atoms with Crippen LogP contribution in [-0.4, -0.2) is 50.2 Å². The number of likely N-dealkylation sites (N-methyl/N-ethyl adjacent to an activating group) is 1. The van der Waals surface area contributed by atoms with Gasteiger partial charge in [-0.05, 0) is 44.0 Å². The first-order valence-corrected chi connectivity index (χ1v) is 9.09. The Hall–Kier alpha value is -0.860. The van der Waals surface area contributed by atoms with Gasteiger partial charge < -0.3 is 15.4 Å². The summed E-state index contributed by atoms with van der Waals surface area (Å²) in [4.78, 5) is 7.28. The quantitative estimate of drug-likeness (QED) is 0.356. The zero-order valence-corrected chi connectivity index (χ0v) is 18.1. The molecular formula is C19H33IN4O. The van der Waals surface area contributed by atoms with Crippen LogP contribution >= 0.6 is 24.0 Å². The largest absolute Gasteiger partial charge is 0.380 e. The number of hydrogen-bond donors (Lipinski definition) is 2. The predicted octanol–water partition coefficient (Wildman–Crippen LogP) is 2.99. The number of nitrogens with zero attached hydrogens (tertiary/aromatic N) is 2. The number of guanidine groups is 1. The van der Waals surface area contributed by atoms with Crippen LogP contribution in [0.3, 0.4) is 0 Å². The number of benzene rings is 1. The number of likely N-dealkylation sites (tertiary alicyclic amines) is 1.